The molecule has 0 saturated carbocycles. The van der Waals surface area contributed by atoms with E-state index in [1.807, 2.05) is 6.07 Å². The SMILES string of the molecule is [C-]#[N+]c1cc2c3c([c]([Sn]([CH2]CCC)([CH2]CCC)[CH2]CCC)cc4c3c1C(=O)N(CCCCCC)C4=O)C(=O)N(CCCCCC)C2=O. The molecule has 0 unspecified atom stereocenters. The first kappa shape index (κ1) is 37.1. The molecule has 2 aliphatic rings. The topological polar surface area (TPSA) is 79.1 Å². The Morgan fingerprint density at radius 3 is 1.43 bits per heavy atom. The number of carbonyl (C=O) groups is 4. The van der Waals surface area contributed by atoms with E-state index in [-0.39, 0.29) is 23.1 Å². The van der Waals surface area contributed by atoms with E-state index < -0.39 is 30.2 Å². The summed E-state index contributed by atoms with van der Waals surface area (Å²) < 4.78 is 4.36. The molecular formula is C39H55N3O4Sn. The van der Waals surface area contributed by atoms with Crippen molar-refractivity contribution < 1.29 is 19.2 Å². The van der Waals surface area contributed by atoms with E-state index in [1.54, 1.807) is 6.07 Å². The fourth-order valence-corrected chi connectivity index (χ4v) is 24.5. The number of benzene rings is 2. The Morgan fingerprint density at radius 2 is 0.979 bits per heavy atom. The van der Waals surface area contributed by atoms with Crippen molar-refractivity contribution in [3.63, 3.8) is 0 Å². The molecule has 0 aromatic heterocycles. The van der Waals surface area contributed by atoms with Crippen LogP contribution < -0.4 is 3.58 Å². The van der Waals surface area contributed by atoms with Gasteiger partial charge in [-0.1, -0.05) is 0 Å². The van der Waals surface area contributed by atoms with Crippen LogP contribution in [0.3, 0.4) is 0 Å². The van der Waals surface area contributed by atoms with Crippen LogP contribution in [-0.2, 0) is 0 Å². The van der Waals surface area contributed by atoms with E-state index >= 15 is 0 Å². The van der Waals surface area contributed by atoms with Crippen LogP contribution in [0.25, 0.3) is 15.6 Å². The zero-order valence-corrected chi connectivity index (χ0v) is 32.4. The molecule has 8 heteroatoms. The molecule has 2 aromatic carbocycles. The number of imide groups is 2. The van der Waals surface area contributed by atoms with Gasteiger partial charge >= 0.3 is 288 Å². The number of hydrogen-bond donors (Lipinski definition) is 0. The van der Waals surface area contributed by atoms with E-state index in [1.165, 1.54) is 9.80 Å². The van der Waals surface area contributed by atoms with E-state index in [0.717, 1.165) is 100 Å². The van der Waals surface area contributed by atoms with Gasteiger partial charge in [0, 0.05) is 0 Å². The average molecular weight is 749 g/mol. The molecule has 0 radical (unpaired) electrons. The number of hydrogen-bond acceptors (Lipinski definition) is 4. The van der Waals surface area contributed by atoms with Crippen LogP contribution in [0.4, 0.5) is 5.69 Å². The molecule has 0 spiro atoms. The summed E-state index contributed by atoms with van der Waals surface area (Å²) in [6.45, 7) is 19.6. The normalized spacial score (nSPS) is 14.5. The molecule has 0 atom stereocenters. The molecule has 7 nitrogen and oxygen atoms in total. The van der Waals surface area contributed by atoms with Gasteiger partial charge in [0.2, 0.25) is 0 Å². The summed E-state index contributed by atoms with van der Waals surface area (Å²) in [5.74, 6) is -1.50. The maximum atomic E-state index is 14.8. The minimum atomic E-state index is -3.43. The molecule has 0 saturated heterocycles. The molecular weight excluding hydrogens is 693 g/mol. The molecule has 47 heavy (non-hydrogen) atoms. The summed E-state index contributed by atoms with van der Waals surface area (Å²) >= 11 is -3.43. The summed E-state index contributed by atoms with van der Waals surface area (Å²) in [6, 6.07) is 3.58. The van der Waals surface area contributed by atoms with E-state index in [2.05, 4.69) is 39.5 Å². The fraction of sp³-hybridized carbons (Fsp3) is 0.615. The van der Waals surface area contributed by atoms with Crippen LogP contribution in [0.1, 0.15) is 166 Å². The molecule has 0 N–H and O–H groups in total. The van der Waals surface area contributed by atoms with E-state index in [9.17, 15) is 19.2 Å². The molecule has 2 heterocycles. The van der Waals surface area contributed by atoms with Crippen molar-refractivity contribution in [2.45, 2.75) is 138 Å². The molecule has 4 rings (SSSR count). The maximum absolute atomic E-state index is 14.8. The van der Waals surface area contributed by atoms with Crippen molar-refractivity contribution in [1.29, 1.82) is 0 Å². The predicted octanol–water partition coefficient (Wildman–Crippen LogP) is 9.80. The van der Waals surface area contributed by atoms with Crippen LogP contribution in [0, 0.1) is 6.57 Å². The van der Waals surface area contributed by atoms with Gasteiger partial charge < -0.3 is 0 Å². The van der Waals surface area contributed by atoms with E-state index in [0.29, 0.717) is 47.0 Å². The first-order chi connectivity index (χ1) is 22.8. The van der Waals surface area contributed by atoms with Gasteiger partial charge in [0.1, 0.15) is 0 Å². The van der Waals surface area contributed by atoms with E-state index in [4.69, 9.17) is 6.57 Å². The summed E-state index contributed by atoms with van der Waals surface area (Å²) in [5, 5.41) is 0.832. The third kappa shape index (κ3) is 7.33. The molecule has 0 aliphatic carbocycles. The summed E-state index contributed by atoms with van der Waals surface area (Å²) in [6.07, 6.45) is 13.8. The standard InChI is InChI=1S/C27H28N3O4.3C4H9.Sn/c1-4-6-8-10-14-29-24(31)17-12-13-18-22-21(17)19(26(29)33)16-20(28-3)23(22)27(34)30(25(18)32)15-11-9-7-5-2;3*1-3-4-2;/h13,16H,4-11,14-15H2,1-2H3;3*1,3-4H2,2H3;. The summed E-state index contributed by atoms with van der Waals surface area (Å²) in [4.78, 5) is 64.0. The Morgan fingerprint density at radius 1 is 0.553 bits per heavy atom. The Labute approximate surface area is 286 Å². The van der Waals surface area contributed by atoms with Gasteiger partial charge in [-0.15, -0.1) is 0 Å². The Hall–Kier alpha value is -2.73. The van der Waals surface area contributed by atoms with Crippen LogP contribution >= 0.6 is 0 Å². The number of carbonyl (C=O) groups excluding carboxylic acids is 4. The monoisotopic (exact) mass is 749 g/mol. The number of rotatable bonds is 20. The van der Waals surface area contributed by atoms with Gasteiger partial charge in [0.05, 0.1) is 0 Å². The second kappa shape index (κ2) is 17.1. The van der Waals surface area contributed by atoms with Gasteiger partial charge in [-0.2, -0.15) is 0 Å². The number of unbranched alkanes of at least 4 members (excludes halogenated alkanes) is 9. The van der Waals surface area contributed by atoms with Gasteiger partial charge in [0.25, 0.3) is 0 Å². The molecule has 4 amide bonds. The van der Waals surface area contributed by atoms with Gasteiger partial charge in [-0.3, -0.25) is 0 Å². The zero-order valence-electron chi connectivity index (χ0n) is 29.6. The van der Waals surface area contributed by atoms with Crippen molar-refractivity contribution in [1.82, 2.24) is 9.80 Å². The quantitative estimate of drug-likeness (QED) is 0.0585. The van der Waals surface area contributed by atoms with Gasteiger partial charge in [-0.25, -0.2) is 0 Å². The molecule has 254 valence electrons. The minimum absolute atomic E-state index is 0.0925. The van der Waals surface area contributed by atoms with Crippen molar-refractivity contribution in [2.24, 2.45) is 0 Å². The molecule has 0 bridgehead atoms. The van der Waals surface area contributed by atoms with Gasteiger partial charge in [0.15, 0.2) is 0 Å². The molecule has 0 fully saturated rings. The second-order valence-corrected chi connectivity index (χ2v) is 26.9. The molecule has 2 aromatic rings. The van der Waals surface area contributed by atoms with Gasteiger partial charge in [-0.05, 0) is 0 Å². The van der Waals surface area contributed by atoms with Crippen LogP contribution in [0.15, 0.2) is 12.1 Å². The van der Waals surface area contributed by atoms with Crippen LogP contribution in [0.2, 0.25) is 13.3 Å². The van der Waals surface area contributed by atoms with Crippen molar-refractivity contribution in [3.8, 4) is 0 Å². The zero-order chi connectivity index (χ0) is 34.1. The Balaban J connectivity index is 2.08. The van der Waals surface area contributed by atoms with Crippen molar-refractivity contribution in [3.05, 3.63) is 45.8 Å². The third-order valence-electron chi connectivity index (χ3n) is 10.4. The van der Waals surface area contributed by atoms with Crippen LogP contribution in [0.5, 0.6) is 0 Å². The first-order valence-electron chi connectivity index (χ1n) is 18.5. The van der Waals surface area contributed by atoms with Crippen molar-refractivity contribution >= 4 is 62.0 Å². The molecule has 2 aliphatic heterocycles. The Kier molecular flexibility index (Phi) is 13.5. The predicted molar refractivity (Wildman–Crippen MR) is 194 cm³/mol. The fourth-order valence-electron chi connectivity index (χ4n) is 7.77. The summed E-state index contributed by atoms with van der Waals surface area (Å²) in [5.41, 5.74) is 1.57. The first-order valence-corrected chi connectivity index (χ1v) is 26.0. The van der Waals surface area contributed by atoms with Crippen LogP contribution in [-0.4, -0.2) is 64.9 Å². The summed E-state index contributed by atoms with van der Waals surface area (Å²) in [7, 11) is 0. The third-order valence-corrected chi connectivity index (χ3v) is 26.1. The second-order valence-electron chi connectivity index (χ2n) is 13.8. The number of amides is 4. The average Bonchev–Trinajstić information content (AvgIpc) is 3.08. The number of nitrogens with zero attached hydrogens (tertiary/aromatic N) is 3. The van der Waals surface area contributed by atoms with Crippen molar-refractivity contribution in [2.75, 3.05) is 13.1 Å². The Bertz CT molecular complexity index is 1520.